The molecule has 0 spiro atoms. The third-order valence-electron chi connectivity index (χ3n) is 5.97. The number of hydrogen-bond donors (Lipinski definition) is 2. The minimum atomic E-state index is -0.713. The van der Waals surface area contributed by atoms with Gasteiger partial charge in [0.05, 0.1) is 26.0 Å². The lowest BCUT2D eigenvalue weighted by Crippen LogP contribution is -2.29. The number of rotatable bonds is 7. The highest BCUT2D eigenvalue weighted by Crippen LogP contribution is 2.40. The first-order chi connectivity index (χ1) is 14.1. The summed E-state index contributed by atoms with van der Waals surface area (Å²) in [5, 5.41) is 20.2. The zero-order valence-electron chi connectivity index (χ0n) is 16.8. The molecule has 7 nitrogen and oxygen atoms in total. The first-order valence-corrected chi connectivity index (χ1v) is 10.0. The number of fused-ring (bicyclic) bond motifs is 1. The van der Waals surface area contributed by atoms with E-state index in [0.29, 0.717) is 24.1 Å². The average Bonchev–Trinajstić information content (AvgIpc) is 3.26. The number of likely N-dealkylation sites (tertiary alicyclic amines) is 1. The fraction of sp³-hybridized carbons (Fsp3) is 0.500. The largest absolute Gasteiger partial charge is 0.503 e. The van der Waals surface area contributed by atoms with Gasteiger partial charge >= 0.3 is 0 Å². The molecule has 1 aromatic heterocycles. The van der Waals surface area contributed by atoms with Crippen molar-refractivity contribution >= 4 is 0 Å². The minimum absolute atomic E-state index is 0.0259. The lowest BCUT2D eigenvalue weighted by molar-refractivity contribution is 0.112. The van der Waals surface area contributed by atoms with Gasteiger partial charge in [-0.25, -0.2) is 4.98 Å². The molecule has 0 radical (unpaired) electrons. The summed E-state index contributed by atoms with van der Waals surface area (Å²) in [5.74, 6) is 3.01. The number of benzene rings is 1. The van der Waals surface area contributed by atoms with E-state index in [1.165, 1.54) is 13.2 Å². The molecule has 2 heterocycles. The Morgan fingerprint density at radius 1 is 1.00 bits per heavy atom. The Bertz CT molecular complexity index is 814. The van der Waals surface area contributed by atoms with Gasteiger partial charge in [0.2, 0.25) is 0 Å². The quantitative estimate of drug-likeness (QED) is 0.739. The van der Waals surface area contributed by atoms with Gasteiger partial charge in [0.15, 0.2) is 5.75 Å². The van der Waals surface area contributed by atoms with Crippen molar-refractivity contribution in [1.29, 1.82) is 0 Å². The molecule has 2 aromatic rings. The van der Waals surface area contributed by atoms with Gasteiger partial charge < -0.3 is 24.4 Å². The number of ether oxygens (including phenoxy) is 3. The summed E-state index contributed by atoms with van der Waals surface area (Å²) in [6.07, 6.45) is 1.60. The summed E-state index contributed by atoms with van der Waals surface area (Å²) in [6.45, 7) is 2.44. The van der Waals surface area contributed by atoms with Gasteiger partial charge in [-0.15, -0.1) is 0 Å². The van der Waals surface area contributed by atoms with E-state index in [1.54, 1.807) is 13.2 Å². The summed E-state index contributed by atoms with van der Waals surface area (Å²) in [4.78, 5) is 6.49. The van der Waals surface area contributed by atoms with Crippen LogP contribution in [0.4, 0.5) is 0 Å². The Morgan fingerprint density at radius 3 is 2.28 bits per heavy atom. The fourth-order valence-electron chi connectivity index (χ4n) is 4.55. The number of hydrogen-bond acceptors (Lipinski definition) is 7. The van der Waals surface area contributed by atoms with E-state index >= 15 is 0 Å². The molecule has 2 N–H and O–H groups in total. The fourth-order valence-corrected chi connectivity index (χ4v) is 4.55. The summed E-state index contributed by atoms with van der Waals surface area (Å²) >= 11 is 0. The third kappa shape index (κ3) is 4.41. The van der Waals surface area contributed by atoms with Crippen molar-refractivity contribution in [2.24, 2.45) is 11.8 Å². The maximum absolute atomic E-state index is 10.6. The highest BCUT2D eigenvalue weighted by molar-refractivity contribution is 5.34. The zero-order chi connectivity index (χ0) is 20.4. The smallest absolute Gasteiger partial charge is 0.256 e. The predicted octanol–water partition coefficient (Wildman–Crippen LogP) is 2.63. The monoisotopic (exact) mass is 400 g/mol. The van der Waals surface area contributed by atoms with Crippen LogP contribution < -0.4 is 14.2 Å². The predicted molar refractivity (Wildman–Crippen MR) is 107 cm³/mol. The van der Waals surface area contributed by atoms with Gasteiger partial charge in [0, 0.05) is 19.6 Å². The molecular weight excluding hydrogens is 372 g/mol. The van der Waals surface area contributed by atoms with Crippen LogP contribution in [0.5, 0.6) is 23.1 Å². The first-order valence-electron chi connectivity index (χ1n) is 10.0. The van der Waals surface area contributed by atoms with E-state index < -0.39 is 6.10 Å². The lowest BCUT2D eigenvalue weighted by Gasteiger charge is -2.22. The van der Waals surface area contributed by atoms with E-state index in [-0.39, 0.29) is 17.7 Å². The maximum Gasteiger partial charge on any atom is 0.256 e. The first kappa shape index (κ1) is 19.8. The number of β-amino-alcohol motifs (C(OH)–C–C–N with tert-alkyl or cyclic N) is 1. The Labute approximate surface area is 170 Å². The van der Waals surface area contributed by atoms with Crippen molar-refractivity contribution < 1.29 is 24.4 Å². The SMILES string of the molecule is COc1ccc(O[C@H]2C[C@@H]3CN(C[C@H](O)c4ccc(O)c(OC)n4)C[C@@H]3C2)cc1. The van der Waals surface area contributed by atoms with Crippen molar-refractivity contribution in [2.45, 2.75) is 25.0 Å². The lowest BCUT2D eigenvalue weighted by atomic mass is 10.0. The normalized spacial score (nSPS) is 24.9. The number of pyridine rings is 1. The van der Waals surface area contributed by atoms with Crippen LogP contribution in [0, 0.1) is 11.8 Å². The third-order valence-corrected chi connectivity index (χ3v) is 5.97. The summed E-state index contributed by atoms with van der Waals surface area (Å²) in [6, 6.07) is 10.9. The molecular formula is C22H28N2O5. The molecule has 4 atom stereocenters. The van der Waals surface area contributed by atoms with Crippen LogP contribution in [0.25, 0.3) is 0 Å². The highest BCUT2D eigenvalue weighted by Gasteiger charge is 2.42. The van der Waals surface area contributed by atoms with Gasteiger partial charge in [-0.05, 0) is 61.1 Å². The van der Waals surface area contributed by atoms with Crippen LogP contribution in [-0.4, -0.2) is 60.1 Å². The van der Waals surface area contributed by atoms with Gasteiger partial charge in [-0.3, -0.25) is 4.90 Å². The number of nitrogens with zero attached hydrogens (tertiary/aromatic N) is 2. The minimum Gasteiger partial charge on any atom is -0.503 e. The van der Waals surface area contributed by atoms with Crippen molar-refractivity contribution in [3.05, 3.63) is 42.1 Å². The number of aliphatic hydroxyl groups is 1. The molecule has 29 heavy (non-hydrogen) atoms. The molecule has 1 saturated heterocycles. The van der Waals surface area contributed by atoms with Crippen LogP contribution in [0.2, 0.25) is 0 Å². The molecule has 156 valence electrons. The molecule has 0 amide bonds. The van der Waals surface area contributed by atoms with Gasteiger partial charge in [0.1, 0.15) is 17.6 Å². The molecule has 1 saturated carbocycles. The van der Waals surface area contributed by atoms with Crippen molar-refractivity contribution in [1.82, 2.24) is 9.88 Å². The van der Waals surface area contributed by atoms with E-state index in [9.17, 15) is 10.2 Å². The van der Waals surface area contributed by atoms with Crippen LogP contribution in [-0.2, 0) is 0 Å². The molecule has 0 unspecified atom stereocenters. The molecule has 2 fully saturated rings. The molecule has 7 heteroatoms. The zero-order valence-corrected chi connectivity index (χ0v) is 16.8. The van der Waals surface area contributed by atoms with Crippen LogP contribution >= 0.6 is 0 Å². The van der Waals surface area contributed by atoms with Gasteiger partial charge in [-0.2, -0.15) is 0 Å². The van der Waals surface area contributed by atoms with E-state index in [1.807, 2.05) is 24.3 Å². The molecule has 0 bridgehead atoms. The van der Waals surface area contributed by atoms with E-state index in [2.05, 4.69) is 9.88 Å². The molecule has 4 rings (SSSR count). The second-order valence-corrected chi connectivity index (χ2v) is 7.91. The van der Waals surface area contributed by atoms with Crippen molar-refractivity contribution in [3.8, 4) is 23.1 Å². The number of aromatic nitrogens is 1. The Kier molecular flexibility index (Phi) is 5.78. The second-order valence-electron chi connectivity index (χ2n) is 7.91. The number of aliphatic hydroxyl groups excluding tert-OH is 1. The average molecular weight is 400 g/mol. The summed E-state index contributed by atoms with van der Waals surface area (Å²) < 4.78 is 16.4. The van der Waals surface area contributed by atoms with Crippen LogP contribution in [0.1, 0.15) is 24.6 Å². The number of methoxy groups -OCH3 is 2. The van der Waals surface area contributed by atoms with E-state index in [0.717, 1.165) is 37.4 Å². The van der Waals surface area contributed by atoms with Gasteiger partial charge in [-0.1, -0.05) is 0 Å². The Balaban J connectivity index is 1.28. The molecule has 2 aliphatic rings. The summed E-state index contributed by atoms with van der Waals surface area (Å²) in [5.41, 5.74) is 0.512. The molecule has 1 aromatic carbocycles. The van der Waals surface area contributed by atoms with E-state index in [4.69, 9.17) is 14.2 Å². The Hall–Kier alpha value is -2.51. The topological polar surface area (TPSA) is 84.3 Å². The Morgan fingerprint density at radius 2 is 1.66 bits per heavy atom. The molecule has 1 aliphatic heterocycles. The number of aromatic hydroxyl groups is 1. The standard InChI is InChI=1S/C22H28N2O5/c1-27-16-3-5-17(6-4-16)29-18-9-14-11-24(12-15(14)10-18)13-21(26)19-7-8-20(25)22(23-19)28-2/h3-8,14-15,18,21,25-26H,9-13H2,1-2H3/t14-,15+,18+,21-/m0/s1. The summed E-state index contributed by atoms with van der Waals surface area (Å²) in [7, 11) is 3.11. The van der Waals surface area contributed by atoms with Crippen LogP contribution in [0.3, 0.4) is 0 Å². The highest BCUT2D eigenvalue weighted by atomic mass is 16.5. The van der Waals surface area contributed by atoms with Crippen LogP contribution in [0.15, 0.2) is 36.4 Å². The van der Waals surface area contributed by atoms with Gasteiger partial charge in [0.25, 0.3) is 5.88 Å². The van der Waals surface area contributed by atoms with Crippen molar-refractivity contribution in [2.75, 3.05) is 33.9 Å². The maximum atomic E-state index is 10.6. The van der Waals surface area contributed by atoms with Crippen molar-refractivity contribution in [3.63, 3.8) is 0 Å². The molecule has 1 aliphatic carbocycles. The second kappa shape index (κ2) is 8.47.